The van der Waals surface area contributed by atoms with E-state index in [1.165, 1.54) is 22.5 Å². The van der Waals surface area contributed by atoms with Gasteiger partial charge >= 0.3 is 36.4 Å². The number of carbonyl (C=O) groups excluding carboxylic acids is 6. The Morgan fingerprint density at radius 2 is 0.662 bits per heavy atom. The van der Waals surface area contributed by atoms with Crippen LogP contribution in [0.4, 0.5) is 14.4 Å². The molecule has 0 atom stereocenters. The van der Waals surface area contributed by atoms with Gasteiger partial charge in [-0.15, -0.1) is 0 Å². The van der Waals surface area contributed by atoms with Crippen LogP contribution in [0.1, 0.15) is 118 Å². The summed E-state index contributed by atoms with van der Waals surface area (Å²) in [6, 6.07) is 20.3. The van der Waals surface area contributed by atoms with Crippen LogP contribution in [0, 0.1) is 5.41 Å². The molecule has 3 rings (SSSR count). The van der Waals surface area contributed by atoms with Gasteiger partial charge in [-0.05, 0) is 81.8 Å². The molecule has 0 amide bonds. The van der Waals surface area contributed by atoms with E-state index in [9.17, 15) is 28.8 Å². The molecular weight excluding hydrogens is 889 g/mol. The van der Waals surface area contributed by atoms with Crippen LogP contribution in [-0.2, 0) is 43.5 Å². The van der Waals surface area contributed by atoms with Crippen molar-refractivity contribution in [3.05, 3.63) is 123 Å². The molecule has 15 nitrogen and oxygen atoms in total. The van der Waals surface area contributed by atoms with Gasteiger partial charge in [-0.3, -0.25) is 0 Å². The highest BCUT2D eigenvalue weighted by atomic mass is 28.2. The first-order valence-corrected chi connectivity index (χ1v) is 26.0. The van der Waals surface area contributed by atoms with E-state index >= 15 is 0 Å². The van der Waals surface area contributed by atoms with Crippen molar-refractivity contribution in [3.63, 3.8) is 0 Å². The van der Waals surface area contributed by atoms with Crippen molar-refractivity contribution in [2.45, 2.75) is 87.0 Å². The molecule has 0 saturated carbocycles. The van der Waals surface area contributed by atoms with Crippen molar-refractivity contribution in [2.24, 2.45) is 5.41 Å². The van der Waals surface area contributed by atoms with Gasteiger partial charge in [0.2, 0.25) is 0 Å². The summed E-state index contributed by atoms with van der Waals surface area (Å²) in [4.78, 5) is 103. The minimum absolute atomic E-state index is 0.131. The Hall–Kier alpha value is -6.25. The van der Waals surface area contributed by atoms with Crippen molar-refractivity contribution in [2.75, 3.05) is 19.8 Å². The van der Waals surface area contributed by atoms with E-state index in [4.69, 9.17) is 14.2 Å². The van der Waals surface area contributed by atoms with Gasteiger partial charge in [-0.1, -0.05) is 127 Å². The van der Waals surface area contributed by atoms with E-state index in [0.29, 0.717) is 0 Å². The Morgan fingerprint density at radius 1 is 0.415 bits per heavy atom. The Bertz CT molecular complexity index is 1890. The van der Waals surface area contributed by atoms with Crippen LogP contribution in [0.25, 0.3) is 0 Å². The lowest BCUT2D eigenvalue weighted by molar-refractivity contribution is -0.216. The van der Waals surface area contributed by atoms with Crippen LogP contribution >= 0.6 is 0 Å². The Kier molecular flexibility index (Phi) is 23.3. The number of allylic oxidation sites excluding steroid dienone is 6. The maximum atomic E-state index is 12.6. The topological polar surface area (TPSA) is 185 Å². The zero-order chi connectivity index (χ0) is 47.6. The molecule has 0 aliphatic carbocycles. The predicted molar refractivity (Wildman–Crippen MR) is 252 cm³/mol. The number of carbonyl (C=O) groups is 6. The largest absolute Gasteiger partial charge is 0.549 e. The van der Waals surface area contributed by atoms with E-state index < -0.39 is 90.2 Å². The van der Waals surface area contributed by atoms with E-state index in [0.717, 1.165) is 54.1 Å². The highest BCUT2D eigenvalue weighted by Crippen LogP contribution is 2.20. The maximum absolute atomic E-state index is 12.6. The molecule has 0 radical (unpaired) electrons. The van der Waals surface area contributed by atoms with Crippen molar-refractivity contribution >= 4 is 80.5 Å². The second-order valence-corrected chi connectivity index (χ2v) is 21.5. The molecule has 0 fully saturated rings. The molecule has 0 N–H and O–H groups in total. The number of ether oxygens (including phenoxy) is 3. The first kappa shape index (κ1) is 53.1. The number of rotatable bonds is 21. The average molecular weight is 949 g/mol. The van der Waals surface area contributed by atoms with E-state index in [1.54, 1.807) is 36.4 Å². The quantitative estimate of drug-likeness (QED) is 0.0383. The first-order chi connectivity index (χ1) is 31.2. The summed E-state index contributed by atoms with van der Waals surface area (Å²) in [6.45, 7) is 11.9. The van der Waals surface area contributed by atoms with Crippen molar-refractivity contribution < 1.29 is 72.3 Å². The highest BCUT2D eigenvalue weighted by molar-refractivity contribution is 6.61. The molecule has 0 spiro atoms. The molecule has 0 aliphatic rings. The monoisotopic (exact) mass is 948 g/mol. The summed E-state index contributed by atoms with van der Waals surface area (Å²) in [6.07, 6.45) is 8.00. The third kappa shape index (κ3) is 19.6. The second-order valence-electron chi connectivity index (χ2n) is 15.3. The lowest BCUT2D eigenvalue weighted by Crippen LogP contribution is -2.37. The lowest BCUT2D eigenvalue weighted by Gasteiger charge is -2.26. The number of hydrogen-bond donors (Lipinski definition) is 0. The fraction of sp³-hybridized carbons (Fsp3) is 0.362. The fourth-order valence-electron chi connectivity index (χ4n) is 6.21. The van der Waals surface area contributed by atoms with E-state index in [1.807, 2.05) is 36.4 Å². The van der Waals surface area contributed by atoms with Gasteiger partial charge in [0, 0.05) is 0 Å². The van der Waals surface area contributed by atoms with Gasteiger partial charge in [0.1, 0.15) is 19.8 Å². The zero-order valence-corrected chi connectivity index (χ0v) is 42.5. The summed E-state index contributed by atoms with van der Waals surface area (Å²) in [5, 5.41) is 7.56. The van der Waals surface area contributed by atoms with Crippen LogP contribution in [0.5, 0.6) is 0 Å². The fourth-order valence-corrected chi connectivity index (χ4v) is 11.2. The molecule has 0 unspecified atom stereocenters. The van der Waals surface area contributed by atoms with E-state index in [2.05, 4.69) is 89.1 Å². The molecule has 65 heavy (non-hydrogen) atoms. The molecule has 0 heterocycles. The van der Waals surface area contributed by atoms with E-state index in [-0.39, 0.29) is 16.7 Å². The maximum Gasteiger partial charge on any atom is 0.549 e. The molecule has 0 saturated heterocycles. The third-order valence-corrected chi connectivity index (χ3v) is 16.2. The van der Waals surface area contributed by atoms with Crippen LogP contribution in [-0.4, -0.2) is 84.8 Å². The van der Waals surface area contributed by atoms with Gasteiger partial charge in [0.15, 0.2) is 0 Å². The first-order valence-electron chi connectivity index (χ1n) is 21.7. The van der Waals surface area contributed by atoms with Crippen LogP contribution in [0.15, 0.2) is 107 Å². The Balaban J connectivity index is 1.59. The lowest BCUT2D eigenvalue weighted by atomic mass is 9.94. The molecular formula is C47H60O15Si3. The summed E-state index contributed by atoms with van der Waals surface area (Å²) in [7, 11) is -2.05. The number of benzene rings is 3. The van der Waals surface area contributed by atoms with Crippen molar-refractivity contribution in [1.29, 1.82) is 0 Å². The van der Waals surface area contributed by atoms with Gasteiger partial charge in [0.05, 0.1) is 50.7 Å². The standard InChI is InChI=1S/C47H60O15Si3/c1-8-14-35(11-4)63-38-23-17-32(18-24-38)41(48)57-60-44(51)54-29-47(7,30-55-45(52)61-58-42(49)33-19-25-39(26-20-33)64-36(12-5)15-9-2)31-56-46(53)62-59-43(50)34-21-27-40(28-22-34)65-37(13-6)16-10-3/h14-28H,8-13,29-31,63-65H2,1-7H3. The minimum atomic E-state index is -1.56. The molecule has 0 bridgehead atoms. The summed E-state index contributed by atoms with van der Waals surface area (Å²) < 4.78 is 15.3. The predicted octanol–water partition coefficient (Wildman–Crippen LogP) is 6.26. The van der Waals surface area contributed by atoms with Crippen molar-refractivity contribution in [1.82, 2.24) is 0 Å². The second kappa shape index (κ2) is 28.5. The normalized spacial score (nSPS) is 13.1. The summed E-state index contributed by atoms with van der Waals surface area (Å²) in [5.41, 5.74) is -1.17. The van der Waals surface area contributed by atoms with Crippen LogP contribution in [0.2, 0.25) is 0 Å². The smallest absolute Gasteiger partial charge is 0.431 e. The van der Waals surface area contributed by atoms with Gasteiger partial charge in [-0.25, -0.2) is 43.7 Å². The molecule has 350 valence electrons. The van der Waals surface area contributed by atoms with Crippen LogP contribution < -0.4 is 15.6 Å². The zero-order valence-electron chi connectivity index (χ0n) is 38.3. The molecule has 0 aromatic heterocycles. The Labute approximate surface area is 387 Å². The Morgan fingerprint density at radius 3 is 0.877 bits per heavy atom. The highest BCUT2D eigenvalue weighted by Gasteiger charge is 2.33. The number of hydrogen-bond acceptors (Lipinski definition) is 15. The minimum Gasteiger partial charge on any atom is -0.431 e. The molecule has 3 aromatic carbocycles. The van der Waals surface area contributed by atoms with Crippen LogP contribution in [0.3, 0.4) is 0 Å². The van der Waals surface area contributed by atoms with Gasteiger partial charge < -0.3 is 14.2 Å². The summed E-state index contributed by atoms with van der Waals surface area (Å²) >= 11 is 0. The van der Waals surface area contributed by atoms with Gasteiger partial charge in [-0.2, -0.15) is 14.4 Å². The van der Waals surface area contributed by atoms with Crippen molar-refractivity contribution in [3.8, 4) is 0 Å². The average Bonchev–Trinajstić information content (AvgIpc) is 3.32. The van der Waals surface area contributed by atoms with Gasteiger partial charge in [0.25, 0.3) is 0 Å². The SMILES string of the molecule is CCC=C(CC)[SiH2]c1ccc(C(=O)OOC(=O)OCC(C)(COC(=O)OOC(=O)c2ccc([SiH2]C(=CCC)CC)cc2)COC(=O)OOC(=O)c2ccc([SiH2]C(=CCC)CC)cc2)cc1. The molecule has 3 aromatic rings. The molecule has 18 heteroatoms. The summed E-state index contributed by atoms with van der Waals surface area (Å²) in [5.74, 6) is -2.88. The third-order valence-electron chi connectivity index (χ3n) is 9.87. The molecule has 0 aliphatic heterocycles.